The summed E-state index contributed by atoms with van der Waals surface area (Å²) in [4.78, 5) is 23.3. The van der Waals surface area contributed by atoms with Gasteiger partial charge in [0.1, 0.15) is 6.61 Å². The second-order valence-corrected chi connectivity index (χ2v) is 6.09. The van der Waals surface area contributed by atoms with Gasteiger partial charge < -0.3 is 9.47 Å². The van der Waals surface area contributed by atoms with Gasteiger partial charge in [-0.3, -0.25) is 4.68 Å². The molecule has 0 aliphatic rings. The number of carbonyl (C=O) groups excluding carboxylic acids is 2. The third kappa shape index (κ3) is 5.41. The van der Waals surface area contributed by atoms with Crippen LogP contribution in [0, 0.1) is 0 Å². The molecule has 3 rings (SSSR count). The van der Waals surface area contributed by atoms with E-state index >= 15 is 0 Å². The standard InChI is InChI=1S/C22H20N2O4/c1-27-22(26)20-10-7-18(8-11-20)16-28-21(25)12-9-19-13-23-24(15-19)14-17-5-3-2-4-6-17/h2-13,15H,14,16H2,1H3/b12-9+. The summed E-state index contributed by atoms with van der Waals surface area (Å²) >= 11 is 0. The lowest BCUT2D eigenvalue weighted by molar-refractivity contribution is -0.138. The first-order chi connectivity index (χ1) is 13.6. The SMILES string of the molecule is COC(=O)c1ccc(COC(=O)/C=C/c2cnn(Cc3ccccc3)c2)cc1. The first kappa shape index (κ1) is 19.1. The fourth-order valence-corrected chi connectivity index (χ4v) is 2.54. The molecular formula is C22H20N2O4. The second-order valence-electron chi connectivity index (χ2n) is 6.09. The van der Waals surface area contributed by atoms with Gasteiger partial charge in [0.25, 0.3) is 0 Å². The van der Waals surface area contributed by atoms with E-state index in [1.54, 1.807) is 36.5 Å². The number of carbonyl (C=O) groups is 2. The molecule has 0 N–H and O–H groups in total. The van der Waals surface area contributed by atoms with Crippen molar-refractivity contribution in [2.75, 3.05) is 7.11 Å². The van der Waals surface area contributed by atoms with E-state index in [2.05, 4.69) is 9.84 Å². The van der Waals surface area contributed by atoms with Crippen LogP contribution in [-0.2, 0) is 27.4 Å². The Hall–Kier alpha value is -3.67. The maximum atomic E-state index is 11.9. The van der Waals surface area contributed by atoms with Crippen LogP contribution in [0.3, 0.4) is 0 Å². The summed E-state index contributed by atoms with van der Waals surface area (Å²) in [6, 6.07) is 16.7. The smallest absolute Gasteiger partial charge is 0.337 e. The molecule has 0 bridgehead atoms. The van der Waals surface area contributed by atoms with Crippen LogP contribution in [0.15, 0.2) is 73.1 Å². The highest BCUT2D eigenvalue weighted by Gasteiger charge is 2.05. The Balaban J connectivity index is 1.49. The van der Waals surface area contributed by atoms with Gasteiger partial charge in [0.05, 0.1) is 25.4 Å². The molecule has 0 amide bonds. The number of hydrogen-bond acceptors (Lipinski definition) is 5. The Labute approximate surface area is 163 Å². The van der Waals surface area contributed by atoms with Gasteiger partial charge in [0, 0.05) is 17.8 Å². The maximum Gasteiger partial charge on any atom is 0.337 e. The molecule has 28 heavy (non-hydrogen) atoms. The molecule has 1 aromatic heterocycles. The van der Waals surface area contributed by atoms with Gasteiger partial charge >= 0.3 is 11.9 Å². The van der Waals surface area contributed by atoms with Gasteiger partial charge in [-0.2, -0.15) is 5.10 Å². The summed E-state index contributed by atoms with van der Waals surface area (Å²) < 4.78 is 11.7. The topological polar surface area (TPSA) is 70.4 Å². The van der Waals surface area contributed by atoms with Crippen LogP contribution in [-0.4, -0.2) is 28.8 Å². The predicted octanol–water partition coefficient (Wildman–Crippen LogP) is 3.47. The third-order valence-corrected chi connectivity index (χ3v) is 4.01. The van der Waals surface area contributed by atoms with E-state index in [1.165, 1.54) is 13.2 Å². The van der Waals surface area contributed by atoms with Crippen LogP contribution in [0.4, 0.5) is 0 Å². The summed E-state index contributed by atoms with van der Waals surface area (Å²) in [6.07, 6.45) is 6.59. The summed E-state index contributed by atoms with van der Waals surface area (Å²) in [5.74, 6) is -0.854. The van der Waals surface area contributed by atoms with Crippen molar-refractivity contribution >= 4 is 18.0 Å². The zero-order valence-electron chi connectivity index (χ0n) is 15.4. The zero-order chi connectivity index (χ0) is 19.8. The van der Waals surface area contributed by atoms with Gasteiger partial charge in [-0.05, 0) is 29.3 Å². The quantitative estimate of drug-likeness (QED) is 0.466. The molecule has 1 heterocycles. The van der Waals surface area contributed by atoms with Crippen LogP contribution in [0.2, 0.25) is 0 Å². The minimum atomic E-state index is -0.451. The first-order valence-corrected chi connectivity index (χ1v) is 8.72. The highest BCUT2D eigenvalue weighted by Crippen LogP contribution is 2.08. The molecule has 0 saturated carbocycles. The molecule has 6 nitrogen and oxygen atoms in total. The highest BCUT2D eigenvalue weighted by molar-refractivity contribution is 5.89. The fourth-order valence-electron chi connectivity index (χ4n) is 2.54. The van der Waals surface area contributed by atoms with Crippen molar-refractivity contribution in [1.82, 2.24) is 9.78 Å². The molecule has 0 atom stereocenters. The average Bonchev–Trinajstić information content (AvgIpc) is 3.18. The van der Waals surface area contributed by atoms with Crippen molar-refractivity contribution in [2.45, 2.75) is 13.2 Å². The number of benzene rings is 2. The van der Waals surface area contributed by atoms with E-state index < -0.39 is 11.9 Å². The number of nitrogens with zero attached hydrogens (tertiary/aromatic N) is 2. The lowest BCUT2D eigenvalue weighted by Gasteiger charge is -2.03. The van der Waals surface area contributed by atoms with E-state index in [-0.39, 0.29) is 6.61 Å². The molecule has 3 aromatic rings. The van der Waals surface area contributed by atoms with Crippen molar-refractivity contribution in [3.05, 3.63) is 95.3 Å². The largest absolute Gasteiger partial charge is 0.465 e. The molecule has 0 aliphatic heterocycles. The number of aromatic nitrogens is 2. The molecule has 0 aliphatic carbocycles. The Bertz CT molecular complexity index is 960. The number of methoxy groups -OCH3 is 1. The molecule has 0 fully saturated rings. The van der Waals surface area contributed by atoms with E-state index in [1.807, 2.05) is 41.2 Å². The van der Waals surface area contributed by atoms with Crippen LogP contribution < -0.4 is 0 Å². The lowest BCUT2D eigenvalue weighted by Crippen LogP contribution is -2.03. The number of ether oxygens (including phenoxy) is 2. The summed E-state index contributed by atoms with van der Waals surface area (Å²) in [6.45, 7) is 0.790. The van der Waals surface area contributed by atoms with E-state index in [4.69, 9.17) is 4.74 Å². The van der Waals surface area contributed by atoms with Crippen molar-refractivity contribution in [2.24, 2.45) is 0 Å². The second kappa shape index (κ2) is 9.32. The molecule has 0 unspecified atom stereocenters. The maximum absolute atomic E-state index is 11.9. The van der Waals surface area contributed by atoms with E-state index in [9.17, 15) is 9.59 Å². The molecular weight excluding hydrogens is 356 g/mol. The Kier molecular flexibility index (Phi) is 6.36. The van der Waals surface area contributed by atoms with Gasteiger partial charge in [-0.1, -0.05) is 42.5 Å². The number of rotatable bonds is 7. The van der Waals surface area contributed by atoms with Crippen molar-refractivity contribution < 1.29 is 19.1 Å². The first-order valence-electron chi connectivity index (χ1n) is 8.72. The van der Waals surface area contributed by atoms with Crippen molar-refractivity contribution in [3.8, 4) is 0 Å². The van der Waals surface area contributed by atoms with Gasteiger partial charge in [-0.15, -0.1) is 0 Å². The summed E-state index contributed by atoms with van der Waals surface area (Å²) in [5.41, 5.74) is 3.20. The minimum absolute atomic E-state index is 0.123. The zero-order valence-corrected chi connectivity index (χ0v) is 15.4. The molecule has 0 spiro atoms. The Morgan fingerprint density at radius 1 is 1.04 bits per heavy atom. The summed E-state index contributed by atoms with van der Waals surface area (Å²) in [7, 11) is 1.33. The number of esters is 2. The fraction of sp³-hybridized carbons (Fsp3) is 0.136. The van der Waals surface area contributed by atoms with Crippen LogP contribution in [0.1, 0.15) is 27.0 Å². The van der Waals surface area contributed by atoms with Gasteiger partial charge in [0.2, 0.25) is 0 Å². The van der Waals surface area contributed by atoms with Crippen LogP contribution in [0.5, 0.6) is 0 Å². The Morgan fingerprint density at radius 3 is 2.50 bits per heavy atom. The Morgan fingerprint density at radius 2 is 1.79 bits per heavy atom. The summed E-state index contributed by atoms with van der Waals surface area (Å²) in [5, 5.41) is 4.29. The van der Waals surface area contributed by atoms with Crippen LogP contribution in [0.25, 0.3) is 6.08 Å². The van der Waals surface area contributed by atoms with E-state index in [0.717, 1.165) is 16.7 Å². The average molecular weight is 376 g/mol. The van der Waals surface area contributed by atoms with Gasteiger partial charge in [0.15, 0.2) is 0 Å². The predicted molar refractivity (Wildman–Crippen MR) is 104 cm³/mol. The number of hydrogen-bond donors (Lipinski definition) is 0. The molecule has 0 radical (unpaired) electrons. The molecule has 142 valence electrons. The molecule has 0 saturated heterocycles. The molecule has 2 aromatic carbocycles. The van der Waals surface area contributed by atoms with Crippen LogP contribution >= 0.6 is 0 Å². The van der Waals surface area contributed by atoms with Crippen molar-refractivity contribution in [1.29, 1.82) is 0 Å². The highest BCUT2D eigenvalue weighted by atomic mass is 16.5. The third-order valence-electron chi connectivity index (χ3n) is 4.01. The van der Waals surface area contributed by atoms with Crippen molar-refractivity contribution in [3.63, 3.8) is 0 Å². The van der Waals surface area contributed by atoms with E-state index in [0.29, 0.717) is 12.1 Å². The lowest BCUT2D eigenvalue weighted by atomic mass is 10.1. The minimum Gasteiger partial charge on any atom is -0.465 e. The molecule has 6 heteroatoms. The van der Waals surface area contributed by atoms with Gasteiger partial charge in [-0.25, -0.2) is 9.59 Å². The normalized spacial score (nSPS) is 10.8. The monoisotopic (exact) mass is 376 g/mol.